The van der Waals surface area contributed by atoms with Crippen LogP contribution in [-0.4, -0.2) is 15.9 Å². The Hall–Kier alpha value is -2.81. The molecule has 2 aliphatic rings. The van der Waals surface area contributed by atoms with Gasteiger partial charge in [-0.2, -0.15) is 0 Å². The number of rotatable bonds is 9. The zero-order valence-corrected chi connectivity index (χ0v) is 36.7. The first-order valence-corrected chi connectivity index (χ1v) is 20.5. The van der Waals surface area contributed by atoms with E-state index in [1.807, 2.05) is 6.20 Å². The predicted octanol–water partition coefficient (Wildman–Crippen LogP) is 13.9. The molecule has 1 spiro atoms. The van der Waals surface area contributed by atoms with Crippen LogP contribution in [-0.2, 0) is 24.9 Å². The van der Waals surface area contributed by atoms with Crippen molar-refractivity contribution >= 4 is 27.3 Å². The molecule has 6 rings (SSSR count). The first-order chi connectivity index (χ1) is 24.7. The summed E-state index contributed by atoms with van der Waals surface area (Å²) in [5, 5.41) is 15.6. The van der Waals surface area contributed by atoms with Crippen molar-refractivity contribution in [3.05, 3.63) is 89.3 Å². The third-order valence-corrected chi connectivity index (χ3v) is 12.5. The quantitative estimate of drug-likeness (QED) is 0.0788. The van der Waals surface area contributed by atoms with Crippen molar-refractivity contribution in [1.82, 2.24) is 4.98 Å². The molecule has 4 heteroatoms. The Balaban J connectivity index is 0.000000272. The maximum Gasteiger partial charge on any atom is 0.162 e. The van der Waals surface area contributed by atoms with Crippen molar-refractivity contribution in [2.24, 2.45) is 40.9 Å². The summed E-state index contributed by atoms with van der Waals surface area (Å²) in [6.45, 7) is 20.9. The second-order valence-corrected chi connectivity index (χ2v) is 17.9. The molecule has 3 aromatic carbocycles. The van der Waals surface area contributed by atoms with Gasteiger partial charge in [-0.25, -0.2) is 0 Å². The van der Waals surface area contributed by atoms with Crippen LogP contribution in [0.4, 0.5) is 0 Å². The van der Waals surface area contributed by atoms with E-state index in [9.17, 15) is 9.90 Å². The third kappa shape index (κ3) is 10.1. The molecule has 1 aromatic heterocycles. The predicted molar refractivity (Wildman–Crippen MR) is 222 cm³/mol. The molecule has 0 saturated heterocycles. The molecular formula is C49H66IrNO2-. The average Bonchev–Trinajstić information content (AvgIpc) is 3.07. The normalized spacial score (nSPS) is 16.6. The molecule has 4 aromatic rings. The van der Waals surface area contributed by atoms with Gasteiger partial charge >= 0.3 is 0 Å². The van der Waals surface area contributed by atoms with E-state index in [0.717, 1.165) is 11.3 Å². The summed E-state index contributed by atoms with van der Waals surface area (Å²) in [4.78, 5) is 17.1. The Morgan fingerprint density at radius 2 is 1.34 bits per heavy atom. The summed E-state index contributed by atoms with van der Waals surface area (Å²) >= 11 is 0. The minimum absolute atomic E-state index is 0. The van der Waals surface area contributed by atoms with E-state index in [2.05, 4.69) is 124 Å². The van der Waals surface area contributed by atoms with Crippen molar-refractivity contribution in [2.45, 2.75) is 133 Å². The number of pyridine rings is 1. The fraction of sp³-hybridized carbons (Fsp3) is 0.551. The monoisotopic (exact) mass is 893 g/mol. The third-order valence-electron chi connectivity index (χ3n) is 12.5. The maximum atomic E-state index is 12.3. The molecule has 1 N–H and O–H groups in total. The van der Waals surface area contributed by atoms with E-state index in [4.69, 9.17) is 4.98 Å². The molecule has 1 heterocycles. The number of aliphatic hydroxyl groups excluding tert-OH is 1. The second-order valence-electron chi connectivity index (χ2n) is 17.9. The van der Waals surface area contributed by atoms with E-state index in [1.165, 1.54) is 96.5 Å². The van der Waals surface area contributed by atoms with Crippen molar-refractivity contribution < 1.29 is 30.0 Å². The second kappa shape index (κ2) is 18.7. The van der Waals surface area contributed by atoms with Crippen LogP contribution >= 0.6 is 0 Å². The Labute approximate surface area is 335 Å². The van der Waals surface area contributed by atoms with E-state index in [-0.39, 0.29) is 43.5 Å². The molecule has 2 aliphatic carbocycles. The van der Waals surface area contributed by atoms with Crippen molar-refractivity contribution in [1.29, 1.82) is 0 Å². The summed E-state index contributed by atoms with van der Waals surface area (Å²) in [5.41, 5.74) is 6.81. The van der Waals surface area contributed by atoms with Crippen molar-refractivity contribution in [3.63, 3.8) is 0 Å². The minimum atomic E-state index is -0.0119. The summed E-state index contributed by atoms with van der Waals surface area (Å²) in [6.07, 6.45) is 16.4. The number of fused-ring (bicyclic) bond motifs is 3. The molecular weight excluding hydrogens is 827 g/mol. The number of nitrogens with zero attached hydrogens (tertiary/aromatic N) is 1. The van der Waals surface area contributed by atoms with Crippen LogP contribution in [0.25, 0.3) is 32.8 Å². The van der Waals surface area contributed by atoms with E-state index in [0.29, 0.717) is 35.0 Å². The Bertz CT molecular complexity index is 1820. The van der Waals surface area contributed by atoms with Gasteiger partial charge in [0.25, 0.3) is 0 Å². The van der Waals surface area contributed by atoms with Gasteiger partial charge in [-0.1, -0.05) is 119 Å². The molecule has 0 aliphatic heterocycles. The summed E-state index contributed by atoms with van der Waals surface area (Å²) in [7, 11) is 0. The molecule has 0 bridgehead atoms. The van der Waals surface area contributed by atoms with Crippen LogP contribution in [0.1, 0.15) is 136 Å². The summed E-state index contributed by atoms with van der Waals surface area (Å²) in [6, 6.07) is 21.8. The number of hydrogen-bond donors (Lipinski definition) is 1. The minimum Gasteiger partial charge on any atom is -0.512 e. The molecule has 53 heavy (non-hydrogen) atoms. The van der Waals surface area contributed by atoms with Gasteiger partial charge in [0.1, 0.15) is 0 Å². The van der Waals surface area contributed by atoms with Gasteiger partial charge in [-0.15, -0.1) is 34.9 Å². The summed E-state index contributed by atoms with van der Waals surface area (Å²) in [5.74, 6) is 2.33. The average molecular weight is 893 g/mol. The van der Waals surface area contributed by atoms with Crippen LogP contribution in [0.5, 0.6) is 0 Å². The Morgan fingerprint density at radius 3 is 1.92 bits per heavy atom. The first-order valence-electron chi connectivity index (χ1n) is 20.5. The number of benzene rings is 3. The van der Waals surface area contributed by atoms with Gasteiger partial charge in [0, 0.05) is 44.2 Å². The SMILES string of the molecule is CC(C)C(C(=O)/C=C(\O)C(C(C)C)C(C)C)C(C)C.Cc1[c-]c(-c2nccc3c2ccc2c(C4CCC5(CCCCC5)CC4)cccc23)cc(C)c1.[Ir]. The molecule has 0 unspecified atom stereocenters. The first kappa shape index (κ1) is 42.9. The standard InChI is InChI=1S/C32H34N.C17H32O2.Ir/c1-22-19-23(2)21-25(20-22)31-30-10-9-28-26(7-6-8-27(28)29(30)13-18-33-31)24-11-16-32(17-12-24)14-4-3-5-15-32;1-10(2)16(11(3)4)14(18)9-15(19)17(12(5)6)13(7)8;/h6-10,13,18-20,24H,3-5,11-12,14-17H2,1-2H3;9-13,16-18H,1-8H3;/q-1;;/b;14-9-;. The Morgan fingerprint density at radius 1 is 0.755 bits per heavy atom. The number of carbonyl (C=O) groups excluding carboxylic acids is 1. The van der Waals surface area contributed by atoms with Crippen LogP contribution in [0.3, 0.4) is 0 Å². The molecule has 0 atom stereocenters. The maximum absolute atomic E-state index is 12.3. The van der Waals surface area contributed by atoms with Gasteiger partial charge < -0.3 is 10.1 Å². The van der Waals surface area contributed by atoms with Crippen LogP contribution in [0.15, 0.2) is 66.6 Å². The number of hydrogen-bond acceptors (Lipinski definition) is 3. The smallest absolute Gasteiger partial charge is 0.162 e. The fourth-order valence-corrected chi connectivity index (χ4v) is 10.2. The molecule has 2 fully saturated rings. The largest absolute Gasteiger partial charge is 0.512 e. The van der Waals surface area contributed by atoms with Crippen molar-refractivity contribution in [3.8, 4) is 11.3 Å². The van der Waals surface area contributed by atoms with Crippen LogP contribution in [0.2, 0.25) is 0 Å². The zero-order chi connectivity index (χ0) is 37.7. The number of aryl methyl sites for hydroxylation is 2. The number of carbonyl (C=O) groups is 1. The molecule has 1 radical (unpaired) electrons. The fourth-order valence-electron chi connectivity index (χ4n) is 10.2. The van der Waals surface area contributed by atoms with E-state index >= 15 is 0 Å². The zero-order valence-electron chi connectivity index (χ0n) is 34.3. The van der Waals surface area contributed by atoms with E-state index < -0.39 is 0 Å². The number of aromatic nitrogens is 1. The van der Waals surface area contributed by atoms with Gasteiger partial charge in [0.15, 0.2) is 5.78 Å². The van der Waals surface area contributed by atoms with E-state index in [1.54, 1.807) is 5.56 Å². The van der Waals surface area contributed by atoms with Crippen LogP contribution < -0.4 is 0 Å². The van der Waals surface area contributed by atoms with Crippen molar-refractivity contribution in [2.75, 3.05) is 0 Å². The molecule has 0 amide bonds. The number of ketones is 1. The van der Waals surface area contributed by atoms with Crippen LogP contribution in [0, 0.1) is 60.8 Å². The molecule has 2 saturated carbocycles. The Kier molecular flexibility index (Phi) is 15.1. The van der Waals surface area contributed by atoms with Gasteiger partial charge in [-0.05, 0) is 112 Å². The number of allylic oxidation sites excluding steroid dienone is 2. The van der Waals surface area contributed by atoms with Gasteiger partial charge in [0.2, 0.25) is 0 Å². The topological polar surface area (TPSA) is 50.2 Å². The van der Waals surface area contributed by atoms with Gasteiger partial charge in [0.05, 0.1) is 5.76 Å². The molecule has 3 nitrogen and oxygen atoms in total. The number of aliphatic hydroxyl groups is 1. The molecule has 289 valence electrons. The summed E-state index contributed by atoms with van der Waals surface area (Å²) < 4.78 is 0. The van der Waals surface area contributed by atoms with Gasteiger partial charge in [-0.3, -0.25) is 4.79 Å².